The first-order valence-electron chi connectivity index (χ1n) is 12.3. The van der Waals surface area contributed by atoms with Crippen LogP contribution in [0.3, 0.4) is 0 Å². The number of benzene rings is 3. The number of carbonyl (C=O) groups excluding carboxylic acids is 3. The molecule has 36 heavy (non-hydrogen) atoms. The van der Waals surface area contributed by atoms with Gasteiger partial charge in [-0.3, -0.25) is 4.79 Å². The molecule has 1 fully saturated rings. The van der Waals surface area contributed by atoms with E-state index in [2.05, 4.69) is 0 Å². The van der Waals surface area contributed by atoms with Crippen LogP contribution in [0.2, 0.25) is 0 Å². The van der Waals surface area contributed by atoms with Gasteiger partial charge in [0.2, 0.25) is 0 Å². The summed E-state index contributed by atoms with van der Waals surface area (Å²) in [4.78, 5) is 41.2. The maximum atomic E-state index is 13.7. The van der Waals surface area contributed by atoms with Gasteiger partial charge in [-0.05, 0) is 48.6 Å². The molecular weight excluding hydrogens is 454 g/mol. The molecule has 1 saturated heterocycles. The van der Waals surface area contributed by atoms with E-state index in [4.69, 9.17) is 9.47 Å². The molecule has 0 aromatic heterocycles. The van der Waals surface area contributed by atoms with Crippen LogP contribution in [0.25, 0.3) is 0 Å². The first-order chi connectivity index (χ1) is 17.5. The van der Waals surface area contributed by atoms with Crippen molar-refractivity contribution in [2.24, 2.45) is 0 Å². The second kappa shape index (κ2) is 11.2. The maximum Gasteiger partial charge on any atom is 0.337 e. The number of esters is 2. The van der Waals surface area contributed by atoms with Crippen molar-refractivity contribution in [3.05, 3.63) is 102 Å². The molecule has 0 saturated carbocycles. The first kappa shape index (κ1) is 25.2. The van der Waals surface area contributed by atoms with Crippen LogP contribution in [-0.4, -0.2) is 37.4 Å². The Labute approximate surface area is 211 Å². The van der Waals surface area contributed by atoms with Gasteiger partial charge in [-0.1, -0.05) is 73.7 Å². The number of aryl methyl sites for hydroxylation is 1. The number of Topliss-reactive ketones (excluding diaryl/α,β-unsaturated/α-hetero) is 1. The van der Waals surface area contributed by atoms with Crippen LogP contribution < -0.4 is 4.90 Å². The lowest BCUT2D eigenvalue weighted by atomic mass is 9.80. The summed E-state index contributed by atoms with van der Waals surface area (Å²) < 4.78 is 11.1. The molecule has 0 radical (unpaired) electrons. The van der Waals surface area contributed by atoms with Crippen molar-refractivity contribution in [1.29, 1.82) is 0 Å². The minimum atomic E-state index is -1.08. The van der Waals surface area contributed by atoms with Crippen molar-refractivity contribution in [3.63, 3.8) is 0 Å². The van der Waals surface area contributed by atoms with E-state index in [1.165, 1.54) is 7.11 Å². The van der Waals surface area contributed by atoms with Crippen molar-refractivity contribution in [2.75, 3.05) is 18.6 Å². The Morgan fingerprint density at radius 2 is 1.69 bits per heavy atom. The molecule has 1 aliphatic heterocycles. The largest absolute Gasteiger partial charge is 0.465 e. The normalized spacial score (nSPS) is 19.4. The molecule has 1 aliphatic rings. The Morgan fingerprint density at radius 3 is 2.33 bits per heavy atom. The molecule has 0 amide bonds. The van der Waals surface area contributed by atoms with Crippen LogP contribution >= 0.6 is 0 Å². The van der Waals surface area contributed by atoms with Crippen molar-refractivity contribution in [3.8, 4) is 0 Å². The van der Waals surface area contributed by atoms with E-state index in [0.717, 1.165) is 11.1 Å². The van der Waals surface area contributed by atoms with E-state index >= 15 is 0 Å². The van der Waals surface area contributed by atoms with E-state index in [1.807, 2.05) is 67.6 Å². The summed E-state index contributed by atoms with van der Waals surface area (Å²) in [5.74, 6) is -1.24. The second-order valence-corrected chi connectivity index (χ2v) is 9.05. The Kier molecular flexibility index (Phi) is 7.84. The summed E-state index contributed by atoms with van der Waals surface area (Å²) >= 11 is 0. The topological polar surface area (TPSA) is 72.9 Å². The third kappa shape index (κ3) is 5.33. The van der Waals surface area contributed by atoms with Crippen molar-refractivity contribution in [2.45, 2.75) is 44.2 Å². The number of methoxy groups -OCH3 is 1. The zero-order valence-electron chi connectivity index (χ0n) is 20.7. The van der Waals surface area contributed by atoms with Crippen LogP contribution in [0.1, 0.15) is 47.7 Å². The summed E-state index contributed by atoms with van der Waals surface area (Å²) in [6.45, 7) is 2.43. The van der Waals surface area contributed by atoms with Crippen LogP contribution in [0, 0.1) is 0 Å². The average molecular weight is 486 g/mol. The highest BCUT2D eigenvalue weighted by atomic mass is 16.6. The molecule has 0 bridgehead atoms. The predicted octanol–water partition coefficient (Wildman–Crippen LogP) is 5.10. The van der Waals surface area contributed by atoms with Gasteiger partial charge in [-0.25, -0.2) is 9.59 Å². The molecule has 1 heterocycles. The van der Waals surface area contributed by atoms with E-state index < -0.39 is 23.6 Å². The standard InChI is InChI=1S/C30H31NO5/c1-3-19-31(25-16-10-13-23(20-25)28(33)35-2)27-26(32)21-30(36-29(27)34,24-14-8-5-9-15-24)18-17-22-11-6-4-7-12-22/h4-16,20,27H,3,17-19,21H2,1-2H3. The molecule has 2 unspecified atom stereocenters. The van der Waals surface area contributed by atoms with Gasteiger partial charge in [-0.2, -0.15) is 0 Å². The predicted molar refractivity (Wildman–Crippen MR) is 138 cm³/mol. The van der Waals surface area contributed by atoms with E-state index in [9.17, 15) is 14.4 Å². The first-order valence-corrected chi connectivity index (χ1v) is 12.3. The fourth-order valence-corrected chi connectivity index (χ4v) is 4.85. The highest BCUT2D eigenvalue weighted by Gasteiger charge is 2.49. The monoisotopic (exact) mass is 485 g/mol. The number of anilines is 1. The molecule has 3 aromatic carbocycles. The molecule has 2 atom stereocenters. The highest BCUT2D eigenvalue weighted by Crippen LogP contribution is 2.40. The fourth-order valence-electron chi connectivity index (χ4n) is 4.85. The van der Waals surface area contributed by atoms with Crippen LogP contribution in [0.5, 0.6) is 0 Å². The van der Waals surface area contributed by atoms with Crippen LogP contribution in [-0.2, 0) is 31.1 Å². The summed E-state index contributed by atoms with van der Waals surface area (Å²) in [6, 6.07) is 25.2. The number of carbonyl (C=O) groups is 3. The number of ketones is 1. The van der Waals surface area contributed by atoms with E-state index in [-0.39, 0.29) is 12.2 Å². The third-order valence-corrected chi connectivity index (χ3v) is 6.62. The Hall–Kier alpha value is -3.93. The summed E-state index contributed by atoms with van der Waals surface area (Å²) in [5, 5.41) is 0. The van der Waals surface area contributed by atoms with E-state index in [0.29, 0.717) is 37.1 Å². The Bertz CT molecular complexity index is 1190. The van der Waals surface area contributed by atoms with Gasteiger partial charge in [0.05, 0.1) is 19.1 Å². The van der Waals surface area contributed by atoms with E-state index in [1.54, 1.807) is 29.2 Å². The zero-order valence-corrected chi connectivity index (χ0v) is 20.7. The van der Waals surface area contributed by atoms with Gasteiger partial charge in [0.1, 0.15) is 5.60 Å². The number of hydrogen-bond acceptors (Lipinski definition) is 6. The quantitative estimate of drug-likeness (QED) is 0.310. The number of rotatable bonds is 9. The van der Waals surface area contributed by atoms with Crippen molar-refractivity contribution < 1.29 is 23.9 Å². The zero-order chi connectivity index (χ0) is 25.5. The third-order valence-electron chi connectivity index (χ3n) is 6.62. The minimum Gasteiger partial charge on any atom is -0.465 e. The average Bonchev–Trinajstić information content (AvgIpc) is 2.92. The maximum absolute atomic E-state index is 13.7. The molecular formula is C30H31NO5. The molecule has 6 heteroatoms. The smallest absolute Gasteiger partial charge is 0.337 e. The molecule has 0 N–H and O–H groups in total. The van der Waals surface area contributed by atoms with Gasteiger partial charge in [0.25, 0.3) is 0 Å². The molecule has 6 nitrogen and oxygen atoms in total. The van der Waals surface area contributed by atoms with Gasteiger partial charge >= 0.3 is 11.9 Å². The summed E-state index contributed by atoms with van der Waals surface area (Å²) in [5.41, 5.74) is 1.86. The van der Waals surface area contributed by atoms with Gasteiger partial charge in [0.15, 0.2) is 11.8 Å². The van der Waals surface area contributed by atoms with Crippen molar-refractivity contribution in [1.82, 2.24) is 0 Å². The lowest BCUT2D eigenvalue weighted by molar-refractivity contribution is -0.175. The fraction of sp³-hybridized carbons (Fsp3) is 0.300. The van der Waals surface area contributed by atoms with Crippen molar-refractivity contribution >= 4 is 23.4 Å². The number of cyclic esters (lactones) is 1. The molecule has 186 valence electrons. The number of nitrogens with zero attached hydrogens (tertiary/aromatic N) is 1. The molecule has 4 rings (SSSR count). The summed E-state index contributed by atoms with van der Waals surface area (Å²) in [7, 11) is 1.32. The SMILES string of the molecule is CCCN(c1cccc(C(=O)OC)c1)C1C(=O)CC(CCc2ccccc2)(c2ccccc2)OC1=O. The second-order valence-electron chi connectivity index (χ2n) is 9.05. The molecule has 3 aromatic rings. The Morgan fingerprint density at radius 1 is 1.00 bits per heavy atom. The number of hydrogen-bond donors (Lipinski definition) is 0. The highest BCUT2D eigenvalue weighted by molar-refractivity contribution is 6.08. The van der Waals surface area contributed by atoms with Crippen LogP contribution in [0.4, 0.5) is 5.69 Å². The van der Waals surface area contributed by atoms with Gasteiger partial charge in [0, 0.05) is 12.2 Å². The van der Waals surface area contributed by atoms with Crippen LogP contribution in [0.15, 0.2) is 84.9 Å². The number of ether oxygens (including phenoxy) is 2. The summed E-state index contributed by atoms with van der Waals surface area (Å²) in [6.07, 6.45) is 1.95. The van der Waals surface area contributed by atoms with Gasteiger partial charge < -0.3 is 14.4 Å². The van der Waals surface area contributed by atoms with Gasteiger partial charge in [-0.15, -0.1) is 0 Å². The Balaban J connectivity index is 1.66. The molecule has 0 spiro atoms. The molecule has 0 aliphatic carbocycles. The minimum absolute atomic E-state index is 0.0805. The lowest BCUT2D eigenvalue weighted by Gasteiger charge is -2.42. The lowest BCUT2D eigenvalue weighted by Crippen LogP contribution is -2.56.